The van der Waals surface area contributed by atoms with Crippen molar-refractivity contribution in [3.63, 3.8) is 0 Å². The van der Waals surface area contributed by atoms with Gasteiger partial charge in [-0.2, -0.15) is 0 Å². The number of hydrogen-bond donors (Lipinski definition) is 3. The minimum absolute atomic E-state index is 0.294. The van der Waals surface area contributed by atoms with E-state index < -0.39 is 6.61 Å². The van der Waals surface area contributed by atoms with Crippen LogP contribution in [0.25, 0.3) is 21.9 Å². The number of aliphatic hydroxyl groups is 1. The first-order valence-electron chi connectivity index (χ1n) is 9.63. The molecule has 7 nitrogen and oxygen atoms in total. The summed E-state index contributed by atoms with van der Waals surface area (Å²) in [6.45, 7) is 3.91. The van der Waals surface area contributed by atoms with Gasteiger partial charge in [0.1, 0.15) is 24.4 Å². The lowest BCUT2D eigenvalue weighted by molar-refractivity contribution is 0.0904. The first-order valence-corrected chi connectivity index (χ1v) is 9.63. The van der Waals surface area contributed by atoms with Crippen LogP contribution >= 0.6 is 0 Å². The van der Waals surface area contributed by atoms with Gasteiger partial charge in [0, 0.05) is 23.0 Å². The lowest BCUT2D eigenvalue weighted by Gasteiger charge is -2.26. The van der Waals surface area contributed by atoms with Gasteiger partial charge in [0.15, 0.2) is 5.78 Å². The molecule has 3 heterocycles. The summed E-state index contributed by atoms with van der Waals surface area (Å²) in [5, 5.41) is 14.4. The van der Waals surface area contributed by atoms with Crippen LogP contribution in [0, 0.1) is 0 Å². The number of nitrogens with zero attached hydrogens (tertiary/aromatic N) is 3. The molecular weight excluding hydrogens is 342 g/mol. The Morgan fingerprint density at radius 3 is 2.89 bits per heavy atom. The maximum atomic E-state index is 11.7. The number of Topliss-reactive ketones (excluding diaryl/α,β-unsaturated/α-hetero) is 1. The number of likely N-dealkylation sites (tertiary alicyclic amines) is 1. The van der Waals surface area contributed by atoms with Gasteiger partial charge < -0.3 is 20.3 Å². The summed E-state index contributed by atoms with van der Waals surface area (Å²) in [7, 11) is 0. The van der Waals surface area contributed by atoms with E-state index in [9.17, 15) is 4.79 Å². The van der Waals surface area contributed by atoms with E-state index >= 15 is 0 Å². The van der Waals surface area contributed by atoms with Crippen LogP contribution in [0.4, 0.5) is 5.82 Å². The number of aliphatic hydroxyl groups excluding tert-OH is 1. The van der Waals surface area contributed by atoms with Crippen LogP contribution in [0.15, 0.2) is 24.5 Å². The zero-order chi connectivity index (χ0) is 18.6. The Hall–Kier alpha value is -2.51. The Morgan fingerprint density at radius 2 is 2.07 bits per heavy atom. The second-order valence-corrected chi connectivity index (χ2v) is 7.10. The van der Waals surface area contributed by atoms with Gasteiger partial charge in [0.25, 0.3) is 0 Å². The van der Waals surface area contributed by atoms with E-state index in [-0.39, 0.29) is 5.78 Å². The fraction of sp³-hybridized carbons (Fsp3) is 0.450. The minimum Gasteiger partial charge on any atom is -0.388 e. The predicted octanol–water partition coefficient (Wildman–Crippen LogP) is 2.57. The molecule has 1 aromatic carbocycles. The highest BCUT2D eigenvalue weighted by atomic mass is 16.3. The highest BCUT2D eigenvalue weighted by molar-refractivity contribution is 6.12. The molecular formula is C20H25N5O2. The molecule has 0 spiro atoms. The van der Waals surface area contributed by atoms with Crippen molar-refractivity contribution in [2.24, 2.45) is 0 Å². The average molecular weight is 367 g/mol. The standard InChI is InChI=1S/C20H25N5O2/c26-12-17(27)14-5-6-15-16(11-14)24-20-18(15)19(22-13-23-20)21-7-4-10-25-8-2-1-3-9-25/h5-6,11,13,26H,1-4,7-10,12H2,(H2,21,22,23,24). The summed E-state index contributed by atoms with van der Waals surface area (Å²) in [6, 6.07) is 5.39. The van der Waals surface area contributed by atoms with Crippen molar-refractivity contribution in [3.8, 4) is 0 Å². The van der Waals surface area contributed by atoms with Gasteiger partial charge in [-0.15, -0.1) is 0 Å². The summed E-state index contributed by atoms with van der Waals surface area (Å²) in [4.78, 5) is 26.3. The average Bonchev–Trinajstić information content (AvgIpc) is 3.09. The van der Waals surface area contributed by atoms with Gasteiger partial charge in [0.2, 0.25) is 0 Å². The summed E-state index contributed by atoms with van der Waals surface area (Å²) >= 11 is 0. The second-order valence-electron chi connectivity index (χ2n) is 7.10. The van der Waals surface area contributed by atoms with Crippen LogP contribution in [0.1, 0.15) is 36.0 Å². The van der Waals surface area contributed by atoms with Gasteiger partial charge in [0.05, 0.1) is 5.39 Å². The van der Waals surface area contributed by atoms with Crippen molar-refractivity contribution in [2.75, 3.05) is 38.1 Å². The monoisotopic (exact) mass is 367 g/mol. The van der Waals surface area contributed by atoms with Crippen molar-refractivity contribution in [2.45, 2.75) is 25.7 Å². The number of rotatable bonds is 7. The molecule has 1 fully saturated rings. The van der Waals surface area contributed by atoms with Crippen molar-refractivity contribution >= 4 is 33.5 Å². The number of fused-ring (bicyclic) bond motifs is 3. The quantitative estimate of drug-likeness (QED) is 0.439. The van der Waals surface area contributed by atoms with Gasteiger partial charge in [-0.1, -0.05) is 18.6 Å². The Bertz CT molecular complexity index is 946. The summed E-state index contributed by atoms with van der Waals surface area (Å²) in [5.41, 5.74) is 2.05. The highest BCUT2D eigenvalue weighted by Gasteiger charge is 2.14. The maximum Gasteiger partial charge on any atom is 0.188 e. The first-order chi connectivity index (χ1) is 13.3. The van der Waals surface area contributed by atoms with Gasteiger partial charge in [-0.25, -0.2) is 9.97 Å². The molecule has 0 unspecified atom stereocenters. The molecule has 3 N–H and O–H groups in total. The highest BCUT2D eigenvalue weighted by Crippen LogP contribution is 2.29. The Morgan fingerprint density at radius 1 is 1.22 bits per heavy atom. The molecule has 142 valence electrons. The lowest BCUT2D eigenvalue weighted by atomic mass is 10.1. The van der Waals surface area contributed by atoms with Crippen LogP contribution in [-0.2, 0) is 0 Å². The molecule has 1 saturated heterocycles. The van der Waals surface area contributed by atoms with Crippen LogP contribution < -0.4 is 5.32 Å². The van der Waals surface area contributed by atoms with Gasteiger partial charge in [-0.05, 0) is 45.0 Å². The topological polar surface area (TPSA) is 94.1 Å². The molecule has 4 rings (SSSR count). The minimum atomic E-state index is -0.491. The van der Waals surface area contributed by atoms with Gasteiger partial charge in [-0.3, -0.25) is 4.79 Å². The van der Waals surface area contributed by atoms with E-state index in [1.165, 1.54) is 32.4 Å². The third-order valence-corrected chi connectivity index (χ3v) is 5.25. The SMILES string of the molecule is O=C(CO)c1ccc2c(c1)[nH]c1ncnc(NCCCN3CCCCC3)c12. The maximum absolute atomic E-state index is 11.7. The number of aromatic nitrogens is 3. The van der Waals surface area contributed by atoms with Crippen LogP contribution in [0.2, 0.25) is 0 Å². The smallest absolute Gasteiger partial charge is 0.188 e. The molecule has 3 aromatic rings. The Balaban J connectivity index is 1.51. The predicted molar refractivity (Wildman–Crippen MR) is 106 cm³/mol. The van der Waals surface area contributed by atoms with E-state index in [4.69, 9.17) is 5.11 Å². The number of hydrogen-bond acceptors (Lipinski definition) is 6. The second kappa shape index (κ2) is 8.02. The number of carbonyl (C=O) groups excluding carboxylic acids is 1. The normalized spacial score (nSPS) is 15.4. The third-order valence-electron chi connectivity index (χ3n) is 5.25. The summed E-state index contributed by atoms with van der Waals surface area (Å²) < 4.78 is 0. The fourth-order valence-corrected chi connectivity index (χ4v) is 3.82. The molecule has 1 aliphatic heterocycles. The summed E-state index contributed by atoms with van der Waals surface area (Å²) in [6.07, 6.45) is 6.61. The van der Waals surface area contributed by atoms with E-state index in [0.29, 0.717) is 5.56 Å². The molecule has 27 heavy (non-hydrogen) atoms. The zero-order valence-corrected chi connectivity index (χ0v) is 15.4. The van der Waals surface area contributed by atoms with Crippen molar-refractivity contribution in [1.82, 2.24) is 19.9 Å². The van der Waals surface area contributed by atoms with E-state index in [0.717, 1.165) is 47.3 Å². The molecule has 0 aliphatic carbocycles. The number of ketones is 1. The summed E-state index contributed by atoms with van der Waals surface area (Å²) in [5.74, 6) is 0.517. The third kappa shape index (κ3) is 3.79. The number of aromatic amines is 1. The largest absolute Gasteiger partial charge is 0.388 e. The number of piperidine rings is 1. The first kappa shape index (κ1) is 17.9. The number of benzene rings is 1. The van der Waals surface area contributed by atoms with E-state index in [1.54, 1.807) is 18.5 Å². The van der Waals surface area contributed by atoms with E-state index in [2.05, 4.69) is 25.2 Å². The van der Waals surface area contributed by atoms with Crippen LogP contribution in [0.5, 0.6) is 0 Å². The molecule has 0 saturated carbocycles. The molecule has 1 aliphatic rings. The van der Waals surface area contributed by atoms with Gasteiger partial charge >= 0.3 is 0 Å². The Kier molecular flexibility index (Phi) is 5.31. The van der Waals surface area contributed by atoms with E-state index in [1.807, 2.05) is 6.07 Å². The number of nitrogens with one attached hydrogen (secondary N) is 2. The fourth-order valence-electron chi connectivity index (χ4n) is 3.82. The molecule has 7 heteroatoms. The van der Waals surface area contributed by atoms with Crippen molar-refractivity contribution in [3.05, 3.63) is 30.1 Å². The molecule has 0 amide bonds. The van der Waals surface area contributed by atoms with Crippen LogP contribution in [0.3, 0.4) is 0 Å². The molecule has 0 atom stereocenters. The van der Waals surface area contributed by atoms with Crippen LogP contribution in [-0.4, -0.2) is 63.5 Å². The number of H-pyrrole nitrogens is 1. The van der Waals surface area contributed by atoms with Crippen molar-refractivity contribution < 1.29 is 9.90 Å². The number of carbonyl (C=O) groups is 1. The zero-order valence-electron chi connectivity index (χ0n) is 15.4. The van der Waals surface area contributed by atoms with Crippen molar-refractivity contribution in [1.29, 1.82) is 0 Å². The molecule has 0 radical (unpaired) electrons. The molecule has 0 bridgehead atoms. The molecule has 2 aromatic heterocycles. The Labute approximate surface area is 157 Å². The number of anilines is 1. The lowest BCUT2D eigenvalue weighted by Crippen LogP contribution is -2.31.